The second kappa shape index (κ2) is 7.60. The average Bonchev–Trinajstić information content (AvgIpc) is 3.18. The molecule has 0 saturated heterocycles. The molecule has 0 saturated carbocycles. The Morgan fingerprint density at radius 3 is 2.85 bits per heavy atom. The molecule has 0 unspecified atom stereocenters. The third-order valence-corrected chi connectivity index (χ3v) is 5.31. The maximum absolute atomic E-state index is 13.1. The van der Waals surface area contributed by atoms with Crippen LogP contribution in [0.3, 0.4) is 0 Å². The lowest BCUT2D eigenvalue weighted by Gasteiger charge is -2.21. The molecular formula is C19H21ClN4OS. The van der Waals surface area contributed by atoms with E-state index in [-0.39, 0.29) is 11.9 Å². The van der Waals surface area contributed by atoms with E-state index < -0.39 is 0 Å². The zero-order chi connectivity index (χ0) is 18.8. The molecule has 0 spiro atoms. The maximum Gasteiger partial charge on any atom is 0.256 e. The summed E-state index contributed by atoms with van der Waals surface area (Å²) >= 11 is 7.49. The van der Waals surface area contributed by atoms with Crippen molar-refractivity contribution in [2.45, 2.75) is 33.4 Å². The molecule has 0 aliphatic carbocycles. The molecular weight excluding hydrogens is 368 g/mol. The van der Waals surface area contributed by atoms with Crippen LogP contribution < -0.4 is 0 Å². The van der Waals surface area contributed by atoms with Crippen LogP contribution in [-0.4, -0.2) is 32.1 Å². The lowest BCUT2D eigenvalue weighted by Crippen LogP contribution is -2.31. The highest BCUT2D eigenvalue weighted by Crippen LogP contribution is 2.25. The Balaban J connectivity index is 1.95. The van der Waals surface area contributed by atoms with E-state index in [9.17, 15) is 4.79 Å². The van der Waals surface area contributed by atoms with E-state index in [2.05, 4.69) is 30.5 Å². The van der Waals surface area contributed by atoms with E-state index in [0.29, 0.717) is 28.7 Å². The summed E-state index contributed by atoms with van der Waals surface area (Å²) in [6.07, 6.45) is 3.49. The second-order valence-corrected chi connectivity index (χ2v) is 8.20. The number of fused-ring (bicyclic) bond motifs is 1. The van der Waals surface area contributed by atoms with E-state index in [1.807, 2.05) is 29.8 Å². The SMILES string of the molecule is C=CCN(Cc1ccc(Cl)s1)C(=O)c1cc2cnn(C(C)C)c2nc1C. The van der Waals surface area contributed by atoms with Crippen LogP contribution in [0.2, 0.25) is 4.34 Å². The number of aryl methyl sites for hydroxylation is 1. The van der Waals surface area contributed by atoms with Crippen LogP contribution in [0.5, 0.6) is 0 Å². The topological polar surface area (TPSA) is 51.0 Å². The van der Waals surface area contributed by atoms with Crippen molar-refractivity contribution in [3.63, 3.8) is 0 Å². The molecule has 3 rings (SSSR count). The number of carbonyl (C=O) groups excluding carboxylic acids is 1. The van der Waals surface area contributed by atoms with Crippen molar-refractivity contribution in [1.29, 1.82) is 0 Å². The number of halogens is 1. The Labute approximate surface area is 161 Å². The summed E-state index contributed by atoms with van der Waals surface area (Å²) in [7, 11) is 0. The number of rotatable bonds is 6. The third-order valence-electron chi connectivity index (χ3n) is 4.09. The van der Waals surface area contributed by atoms with E-state index in [4.69, 9.17) is 11.6 Å². The molecule has 5 nitrogen and oxygen atoms in total. The number of hydrogen-bond acceptors (Lipinski definition) is 4. The summed E-state index contributed by atoms with van der Waals surface area (Å²) in [4.78, 5) is 20.6. The number of amides is 1. The molecule has 0 N–H and O–H groups in total. The average molecular weight is 389 g/mol. The largest absolute Gasteiger partial charge is 0.330 e. The first-order valence-corrected chi connectivity index (χ1v) is 9.59. The van der Waals surface area contributed by atoms with Gasteiger partial charge in [-0.05, 0) is 39.0 Å². The maximum atomic E-state index is 13.1. The fourth-order valence-corrected chi connectivity index (χ4v) is 3.93. The molecule has 0 aromatic carbocycles. The summed E-state index contributed by atoms with van der Waals surface area (Å²) in [6, 6.07) is 5.87. The van der Waals surface area contributed by atoms with Gasteiger partial charge in [0, 0.05) is 22.8 Å². The van der Waals surface area contributed by atoms with Crippen LogP contribution in [0.15, 0.2) is 37.1 Å². The van der Waals surface area contributed by atoms with Crippen molar-refractivity contribution in [2.24, 2.45) is 0 Å². The van der Waals surface area contributed by atoms with Gasteiger partial charge < -0.3 is 4.90 Å². The van der Waals surface area contributed by atoms with Crippen LogP contribution in [-0.2, 0) is 6.54 Å². The van der Waals surface area contributed by atoms with Crippen molar-refractivity contribution in [1.82, 2.24) is 19.7 Å². The van der Waals surface area contributed by atoms with E-state index in [0.717, 1.165) is 15.9 Å². The Morgan fingerprint density at radius 2 is 2.23 bits per heavy atom. The Bertz CT molecular complexity index is 960. The number of hydrogen-bond donors (Lipinski definition) is 0. The van der Waals surface area contributed by atoms with Crippen molar-refractivity contribution >= 4 is 39.9 Å². The number of pyridine rings is 1. The number of nitrogens with zero attached hydrogens (tertiary/aromatic N) is 4. The van der Waals surface area contributed by atoms with Crippen molar-refractivity contribution in [2.75, 3.05) is 6.54 Å². The lowest BCUT2D eigenvalue weighted by atomic mass is 10.1. The predicted octanol–water partition coefficient (Wildman–Crippen LogP) is 4.86. The highest BCUT2D eigenvalue weighted by molar-refractivity contribution is 7.16. The van der Waals surface area contributed by atoms with Gasteiger partial charge in [-0.2, -0.15) is 5.10 Å². The molecule has 26 heavy (non-hydrogen) atoms. The third kappa shape index (κ3) is 3.66. The molecule has 3 aromatic rings. The van der Waals surface area contributed by atoms with E-state index in [1.54, 1.807) is 17.2 Å². The van der Waals surface area contributed by atoms with Gasteiger partial charge in [0.15, 0.2) is 5.65 Å². The van der Waals surface area contributed by atoms with Gasteiger partial charge in [-0.1, -0.05) is 17.7 Å². The summed E-state index contributed by atoms with van der Waals surface area (Å²) in [5, 5.41) is 5.25. The summed E-state index contributed by atoms with van der Waals surface area (Å²) in [5.74, 6) is -0.0707. The standard InChI is InChI=1S/C19H21ClN4OS/c1-5-8-23(11-15-6-7-17(20)26-15)19(25)16-9-14-10-21-24(12(2)3)18(14)22-13(16)4/h5-7,9-10,12H,1,8,11H2,2-4H3. The Hall–Kier alpha value is -2.18. The minimum atomic E-state index is -0.0707. The molecule has 0 bridgehead atoms. The zero-order valence-electron chi connectivity index (χ0n) is 15.1. The quantitative estimate of drug-likeness (QED) is 0.566. The summed E-state index contributed by atoms with van der Waals surface area (Å²) in [5.41, 5.74) is 2.09. The molecule has 0 aliphatic rings. The van der Waals surface area contributed by atoms with Gasteiger partial charge >= 0.3 is 0 Å². The van der Waals surface area contributed by atoms with Crippen LogP contribution in [0.25, 0.3) is 11.0 Å². The first-order valence-electron chi connectivity index (χ1n) is 8.40. The summed E-state index contributed by atoms with van der Waals surface area (Å²) < 4.78 is 2.58. The molecule has 0 radical (unpaired) electrons. The molecule has 0 atom stereocenters. The minimum Gasteiger partial charge on any atom is -0.330 e. The van der Waals surface area contributed by atoms with Gasteiger partial charge in [-0.15, -0.1) is 17.9 Å². The predicted molar refractivity (Wildman–Crippen MR) is 107 cm³/mol. The second-order valence-electron chi connectivity index (χ2n) is 6.40. The van der Waals surface area contributed by atoms with E-state index >= 15 is 0 Å². The van der Waals surface area contributed by atoms with Gasteiger partial charge in [0.05, 0.1) is 28.3 Å². The number of carbonyl (C=O) groups is 1. The fourth-order valence-electron chi connectivity index (χ4n) is 2.83. The smallest absolute Gasteiger partial charge is 0.256 e. The van der Waals surface area contributed by atoms with Gasteiger partial charge in [0.25, 0.3) is 5.91 Å². The number of aromatic nitrogens is 3. The van der Waals surface area contributed by atoms with Crippen LogP contribution in [0.1, 0.15) is 40.8 Å². The van der Waals surface area contributed by atoms with E-state index in [1.165, 1.54) is 11.3 Å². The van der Waals surface area contributed by atoms with Crippen LogP contribution in [0.4, 0.5) is 0 Å². The molecule has 136 valence electrons. The molecule has 1 amide bonds. The molecule has 3 heterocycles. The Kier molecular flexibility index (Phi) is 5.44. The van der Waals surface area contributed by atoms with Gasteiger partial charge in [-0.25, -0.2) is 9.67 Å². The first kappa shape index (κ1) is 18.6. The van der Waals surface area contributed by atoms with Crippen LogP contribution >= 0.6 is 22.9 Å². The van der Waals surface area contributed by atoms with Crippen molar-refractivity contribution in [3.8, 4) is 0 Å². The molecule has 0 fully saturated rings. The van der Waals surface area contributed by atoms with Crippen molar-refractivity contribution in [3.05, 3.63) is 57.5 Å². The highest BCUT2D eigenvalue weighted by Gasteiger charge is 2.20. The normalized spacial score (nSPS) is 11.3. The molecule has 7 heteroatoms. The van der Waals surface area contributed by atoms with Crippen molar-refractivity contribution < 1.29 is 4.79 Å². The van der Waals surface area contributed by atoms with Gasteiger partial charge in [0.2, 0.25) is 0 Å². The van der Waals surface area contributed by atoms with Gasteiger partial charge in [0.1, 0.15) is 0 Å². The highest BCUT2D eigenvalue weighted by atomic mass is 35.5. The fraction of sp³-hybridized carbons (Fsp3) is 0.316. The summed E-state index contributed by atoms with van der Waals surface area (Å²) in [6.45, 7) is 10.7. The molecule has 0 aliphatic heterocycles. The minimum absolute atomic E-state index is 0.0707. The Morgan fingerprint density at radius 1 is 1.46 bits per heavy atom. The molecule has 3 aromatic heterocycles. The lowest BCUT2D eigenvalue weighted by molar-refractivity contribution is 0.0763. The zero-order valence-corrected chi connectivity index (χ0v) is 16.6. The first-order chi connectivity index (χ1) is 12.4. The monoisotopic (exact) mass is 388 g/mol. The van der Waals surface area contributed by atoms with Gasteiger partial charge in [-0.3, -0.25) is 4.79 Å². The van der Waals surface area contributed by atoms with Crippen LogP contribution in [0, 0.1) is 6.92 Å². The number of thiophene rings is 1.